The zero-order chi connectivity index (χ0) is 13.3. The van der Waals surface area contributed by atoms with E-state index in [1.54, 1.807) is 0 Å². The van der Waals surface area contributed by atoms with Crippen molar-refractivity contribution >= 4 is 5.97 Å². The third kappa shape index (κ3) is 2.43. The Bertz CT molecular complexity index is 454. The normalized spacial score (nSPS) is 28.1. The fraction of sp³-hybridized carbons (Fsp3) is 0.562. The summed E-state index contributed by atoms with van der Waals surface area (Å²) in [6.45, 7) is 6.15. The highest BCUT2D eigenvalue weighted by atomic mass is 16.4. The van der Waals surface area contributed by atoms with Crippen molar-refractivity contribution < 1.29 is 9.90 Å². The van der Waals surface area contributed by atoms with Crippen molar-refractivity contribution in [1.29, 1.82) is 0 Å². The molecule has 0 aliphatic heterocycles. The quantitative estimate of drug-likeness (QED) is 0.854. The lowest BCUT2D eigenvalue weighted by Crippen LogP contribution is -2.32. The van der Waals surface area contributed by atoms with Crippen LogP contribution in [0.3, 0.4) is 0 Å². The van der Waals surface area contributed by atoms with Gasteiger partial charge in [0.1, 0.15) is 0 Å². The van der Waals surface area contributed by atoms with Crippen molar-refractivity contribution in [3.05, 3.63) is 34.9 Å². The molecule has 0 amide bonds. The van der Waals surface area contributed by atoms with Gasteiger partial charge in [0.15, 0.2) is 0 Å². The van der Waals surface area contributed by atoms with E-state index in [9.17, 15) is 9.90 Å². The van der Waals surface area contributed by atoms with Crippen LogP contribution in [0, 0.1) is 19.3 Å². The maximum absolute atomic E-state index is 11.2. The molecule has 18 heavy (non-hydrogen) atoms. The molecule has 2 nitrogen and oxygen atoms in total. The lowest BCUT2D eigenvalue weighted by Gasteiger charge is -2.34. The number of benzene rings is 1. The van der Waals surface area contributed by atoms with E-state index in [4.69, 9.17) is 0 Å². The summed E-state index contributed by atoms with van der Waals surface area (Å²) in [5, 5.41) is 9.25. The van der Waals surface area contributed by atoms with Crippen molar-refractivity contribution in [2.45, 2.75) is 52.4 Å². The second kappa shape index (κ2) is 4.75. The van der Waals surface area contributed by atoms with E-state index in [0.29, 0.717) is 5.92 Å². The Balaban J connectivity index is 2.15. The molecule has 0 unspecified atom stereocenters. The first-order valence-electron chi connectivity index (χ1n) is 6.73. The largest absolute Gasteiger partial charge is 0.481 e. The number of carbonyl (C=O) groups is 1. The molecule has 0 radical (unpaired) electrons. The number of hydrogen-bond acceptors (Lipinski definition) is 1. The standard InChI is InChI=1S/C16H22O2/c1-11-4-5-12(2)14(10-11)13-6-8-16(3,9-7-13)15(17)18/h4-5,10,13H,6-9H2,1-3H3,(H,17,18). The van der Waals surface area contributed by atoms with Crippen LogP contribution >= 0.6 is 0 Å². The molecule has 1 N–H and O–H groups in total. The van der Waals surface area contributed by atoms with Gasteiger partial charge in [-0.2, -0.15) is 0 Å². The predicted octanol–water partition coefficient (Wildman–Crippen LogP) is 4.05. The van der Waals surface area contributed by atoms with Crippen LogP contribution in [0.4, 0.5) is 0 Å². The number of carboxylic acid groups (broad SMARTS) is 1. The summed E-state index contributed by atoms with van der Waals surface area (Å²) in [5.41, 5.74) is 3.54. The van der Waals surface area contributed by atoms with Gasteiger partial charge < -0.3 is 5.11 Å². The second-order valence-electron chi connectivity index (χ2n) is 6.00. The second-order valence-corrected chi connectivity index (χ2v) is 6.00. The van der Waals surface area contributed by atoms with Gasteiger partial charge in [0.2, 0.25) is 0 Å². The number of aryl methyl sites for hydroxylation is 2. The Morgan fingerprint density at radius 1 is 1.28 bits per heavy atom. The number of carboxylic acids is 1. The summed E-state index contributed by atoms with van der Waals surface area (Å²) >= 11 is 0. The van der Waals surface area contributed by atoms with Gasteiger partial charge in [-0.25, -0.2) is 0 Å². The van der Waals surface area contributed by atoms with Gasteiger partial charge in [-0.15, -0.1) is 0 Å². The molecule has 1 aromatic rings. The molecule has 2 heteroatoms. The summed E-state index contributed by atoms with van der Waals surface area (Å²) in [6, 6.07) is 6.59. The van der Waals surface area contributed by atoms with Crippen LogP contribution in [0.15, 0.2) is 18.2 Å². The van der Waals surface area contributed by atoms with Crippen LogP contribution in [0.5, 0.6) is 0 Å². The zero-order valence-corrected chi connectivity index (χ0v) is 11.5. The molecule has 0 spiro atoms. The van der Waals surface area contributed by atoms with Gasteiger partial charge in [0.25, 0.3) is 0 Å². The molecule has 0 bridgehead atoms. The third-order valence-electron chi connectivity index (χ3n) is 4.48. The predicted molar refractivity (Wildman–Crippen MR) is 72.9 cm³/mol. The summed E-state index contributed by atoms with van der Waals surface area (Å²) in [4.78, 5) is 11.2. The zero-order valence-electron chi connectivity index (χ0n) is 11.5. The molecule has 1 aliphatic rings. The van der Waals surface area contributed by atoms with Gasteiger partial charge in [-0.3, -0.25) is 4.79 Å². The molecule has 0 atom stereocenters. The molecule has 1 aromatic carbocycles. The molecule has 0 heterocycles. The van der Waals surface area contributed by atoms with Crippen molar-refractivity contribution in [1.82, 2.24) is 0 Å². The van der Waals surface area contributed by atoms with Crippen molar-refractivity contribution in [2.75, 3.05) is 0 Å². The molecule has 98 valence electrons. The van der Waals surface area contributed by atoms with Gasteiger partial charge in [0, 0.05) is 0 Å². The van der Waals surface area contributed by atoms with Crippen molar-refractivity contribution in [2.24, 2.45) is 5.41 Å². The fourth-order valence-corrected chi connectivity index (χ4v) is 2.98. The van der Waals surface area contributed by atoms with E-state index in [-0.39, 0.29) is 0 Å². The Labute approximate surface area is 109 Å². The maximum Gasteiger partial charge on any atom is 0.309 e. The average Bonchev–Trinajstić information content (AvgIpc) is 2.33. The van der Waals surface area contributed by atoms with Gasteiger partial charge in [-0.1, -0.05) is 23.8 Å². The molecule has 0 aromatic heterocycles. The summed E-state index contributed by atoms with van der Waals surface area (Å²) in [7, 11) is 0. The lowest BCUT2D eigenvalue weighted by atomic mass is 9.69. The van der Waals surface area contributed by atoms with Gasteiger partial charge >= 0.3 is 5.97 Å². The minimum absolute atomic E-state index is 0.506. The number of aliphatic carboxylic acids is 1. The molecule has 2 rings (SSSR count). The number of hydrogen-bond donors (Lipinski definition) is 1. The van der Waals surface area contributed by atoms with Gasteiger partial charge in [0.05, 0.1) is 5.41 Å². The Morgan fingerprint density at radius 3 is 2.44 bits per heavy atom. The van der Waals surface area contributed by atoms with Crippen LogP contribution in [-0.4, -0.2) is 11.1 Å². The van der Waals surface area contributed by atoms with E-state index in [2.05, 4.69) is 32.0 Å². The highest BCUT2D eigenvalue weighted by molar-refractivity contribution is 5.74. The SMILES string of the molecule is Cc1ccc(C)c(C2CCC(C)(C(=O)O)CC2)c1. The van der Waals surface area contributed by atoms with Crippen molar-refractivity contribution in [3.63, 3.8) is 0 Å². The van der Waals surface area contributed by atoms with Crippen LogP contribution in [0.1, 0.15) is 55.2 Å². The maximum atomic E-state index is 11.2. The van der Waals surface area contributed by atoms with E-state index in [0.717, 1.165) is 25.7 Å². The first kappa shape index (κ1) is 13.1. The van der Waals surface area contributed by atoms with Crippen LogP contribution in [0.25, 0.3) is 0 Å². The lowest BCUT2D eigenvalue weighted by molar-refractivity contribution is -0.149. The average molecular weight is 246 g/mol. The van der Waals surface area contributed by atoms with E-state index < -0.39 is 11.4 Å². The molecular weight excluding hydrogens is 224 g/mol. The van der Waals surface area contributed by atoms with E-state index in [1.807, 2.05) is 6.92 Å². The van der Waals surface area contributed by atoms with E-state index in [1.165, 1.54) is 16.7 Å². The Morgan fingerprint density at radius 2 is 1.89 bits per heavy atom. The highest BCUT2D eigenvalue weighted by Gasteiger charge is 2.37. The minimum atomic E-state index is -0.637. The molecular formula is C16H22O2. The van der Waals surface area contributed by atoms with Crippen molar-refractivity contribution in [3.8, 4) is 0 Å². The van der Waals surface area contributed by atoms with E-state index >= 15 is 0 Å². The third-order valence-corrected chi connectivity index (χ3v) is 4.48. The summed E-state index contributed by atoms with van der Waals surface area (Å²) < 4.78 is 0. The van der Waals surface area contributed by atoms with Crippen LogP contribution in [0.2, 0.25) is 0 Å². The monoisotopic (exact) mass is 246 g/mol. The van der Waals surface area contributed by atoms with Gasteiger partial charge in [-0.05, 0) is 63.5 Å². The molecule has 0 saturated heterocycles. The topological polar surface area (TPSA) is 37.3 Å². The molecule has 1 saturated carbocycles. The summed E-state index contributed by atoms with van der Waals surface area (Å²) in [5.74, 6) is -0.0979. The highest BCUT2D eigenvalue weighted by Crippen LogP contribution is 2.43. The first-order valence-corrected chi connectivity index (χ1v) is 6.73. The Kier molecular flexibility index (Phi) is 3.47. The smallest absolute Gasteiger partial charge is 0.309 e. The number of rotatable bonds is 2. The molecule has 1 aliphatic carbocycles. The minimum Gasteiger partial charge on any atom is -0.481 e. The fourth-order valence-electron chi connectivity index (χ4n) is 2.98. The first-order chi connectivity index (χ1) is 8.42. The molecule has 1 fully saturated rings. The van der Waals surface area contributed by atoms with Crippen LogP contribution in [-0.2, 0) is 4.79 Å². The summed E-state index contributed by atoms with van der Waals surface area (Å²) in [6.07, 6.45) is 3.57. The van der Waals surface area contributed by atoms with Crippen LogP contribution < -0.4 is 0 Å². The Hall–Kier alpha value is -1.31.